The number of carbonyl (C=O) groups is 2. The molecule has 284 valence electrons. The smallest absolute Gasteiger partial charge is 0.197 e. The van der Waals surface area contributed by atoms with Crippen LogP contribution in [-0.4, -0.2) is 24.1 Å². The van der Waals surface area contributed by atoms with E-state index in [1.54, 1.807) is 23.5 Å². The Morgan fingerprint density at radius 1 is 0.393 bits per heavy atom. The van der Waals surface area contributed by atoms with Crippen LogP contribution in [0.25, 0.3) is 0 Å². The Hall–Kier alpha value is -4.34. The molecule has 0 spiro atoms. The summed E-state index contributed by atoms with van der Waals surface area (Å²) in [6, 6.07) is 41.1. The number of rotatable bonds is 10. The third-order valence-corrected chi connectivity index (χ3v) is 13.5. The average Bonchev–Trinajstić information content (AvgIpc) is 3.18. The van der Waals surface area contributed by atoms with E-state index >= 15 is 9.59 Å². The van der Waals surface area contributed by atoms with Crippen molar-refractivity contribution in [3.05, 3.63) is 155 Å². The lowest BCUT2D eigenvalue weighted by molar-refractivity contribution is 0.0976. The van der Waals surface area contributed by atoms with E-state index in [4.69, 9.17) is 0 Å². The normalized spacial score (nSPS) is 12.6. The summed E-state index contributed by atoms with van der Waals surface area (Å²) in [5.74, 6) is -0.364. The van der Waals surface area contributed by atoms with Crippen molar-refractivity contribution in [3.8, 4) is 0 Å². The Labute approximate surface area is 348 Å². The highest BCUT2D eigenvalue weighted by Gasteiger charge is 2.38. The lowest BCUT2D eigenvalue weighted by Gasteiger charge is -2.27. The Morgan fingerprint density at radius 3 is 1.02 bits per heavy atom. The van der Waals surface area contributed by atoms with Gasteiger partial charge in [0, 0.05) is 51.9 Å². The van der Waals surface area contributed by atoms with E-state index in [1.807, 2.05) is 48.5 Å². The molecule has 0 unspecified atom stereocenters. The van der Waals surface area contributed by atoms with Crippen LogP contribution in [0.3, 0.4) is 0 Å². The summed E-state index contributed by atoms with van der Waals surface area (Å²) in [4.78, 5) is 36.5. The van der Waals surface area contributed by atoms with Gasteiger partial charge < -0.3 is 10.6 Å². The highest BCUT2D eigenvalue weighted by molar-refractivity contribution is 8.00. The summed E-state index contributed by atoms with van der Waals surface area (Å²) in [6.07, 6.45) is 4.11. The summed E-state index contributed by atoms with van der Waals surface area (Å²) < 4.78 is 0. The highest BCUT2D eigenvalue weighted by Crippen LogP contribution is 2.47. The van der Waals surface area contributed by atoms with Crippen molar-refractivity contribution in [2.75, 3.05) is 23.1 Å². The minimum atomic E-state index is -0.182. The number of hydrogen-bond donors (Lipinski definition) is 2. The number of fused-ring (bicyclic) bond motifs is 2. The maximum atomic E-state index is 15.4. The number of ketones is 2. The van der Waals surface area contributed by atoms with Crippen LogP contribution in [-0.2, 0) is 10.8 Å². The van der Waals surface area contributed by atoms with Gasteiger partial charge in [-0.25, -0.2) is 0 Å². The fourth-order valence-corrected chi connectivity index (χ4v) is 9.41. The number of thioether (sulfide) groups is 2. The van der Waals surface area contributed by atoms with Crippen LogP contribution < -0.4 is 10.6 Å². The molecule has 0 atom stereocenters. The van der Waals surface area contributed by atoms with Crippen LogP contribution in [0.4, 0.5) is 22.7 Å². The molecule has 0 saturated carbocycles. The summed E-state index contributed by atoms with van der Waals surface area (Å²) in [6.45, 7) is 13.1. The molecular formula is C48H46N2O2S4. The SMILES string of the molecule is CSc1ccc(Sc2ccc(Sc3ccc(SC)cc3)c3c2C(=O)c2c(Nc4ccc(C(C)(C)C)cc4)ccc(Nc4ccc(C(C)(C)C)cc4)c2C3=O)cc1. The molecule has 0 fully saturated rings. The Morgan fingerprint density at radius 2 is 0.714 bits per heavy atom. The standard InChI is InChI=1S/C48H46N2O2S4/c1-47(2,3)29-9-13-31(14-10-29)49-37-25-26-38(50-32-15-11-30(12-16-32)48(4,5)6)42-41(37)45(51)43-39(55-35-21-17-33(53-7)18-22-35)27-28-40(44(43)46(42)52)56-36-23-19-34(54-8)20-24-36/h9-28,49-50H,1-8H3. The van der Waals surface area contributed by atoms with E-state index in [1.165, 1.54) is 34.7 Å². The average molecular weight is 811 g/mol. The topological polar surface area (TPSA) is 58.2 Å². The Bertz CT molecular complexity index is 2240. The second-order valence-corrected chi connectivity index (χ2v) is 19.8. The van der Waals surface area contributed by atoms with Crippen molar-refractivity contribution in [3.63, 3.8) is 0 Å². The first kappa shape index (κ1) is 39.9. The van der Waals surface area contributed by atoms with E-state index in [0.717, 1.165) is 40.7 Å². The van der Waals surface area contributed by atoms with Crippen LogP contribution in [0.2, 0.25) is 0 Å². The third-order valence-electron chi connectivity index (χ3n) is 9.88. The molecule has 4 nitrogen and oxygen atoms in total. The predicted octanol–water partition coefficient (Wildman–Crippen LogP) is 14.3. The zero-order valence-corrected chi connectivity index (χ0v) is 36.3. The minimum Gasteiger partial charge on any atom is -0.355 e. The second-order valence-electron chi connectivity index (χ2n) is 15.8. The molecule has 0 aromatic heterocycles. The molecule has 0 radical (unpaired) electrons. The molecule has 0 heterocycles. The predicted molar refractivity (Wildman–Crippen MR) is 241 cm³/mol. The molecule has 8 heteroatoms. The molecule has 1 aliphatic carbocycles. The van der Waals surface area contributed by atoms with Gasteiger partial charge in [0.1, 0.15) is 0 Å². The molecule has 1 aliphatic rings. The summed E-state index contributed by atoms with van der Waals surface area (Å²) in [7, 11) is 0. The fraction of sp³-hybridized carbons (Fsp3) is 0.208. The van der Waals surface area contributed by atoms with Gasteiger partial charge in [-0.05, 0) is 132 Å². The molecular weight excluding hydrogens is 765 g/mol. The van der Waals surface area contributed by atoms with E-state index < -0.39 is 0 Å². The van der Waals surface area contributed by atoms with Gasteiger partial charge >= 0.3 is 0 Å². The molecule has 0 saturated heterocycles. The Kier molecular flexibility index (Phi) is 11.6. The molecule has 56 heavy (non-hydrogen) atoms. The van der Waals surface area contributed by atoms with Crippen LogP contribution in [0.15, 0.2) is 151 Å². The van der Waals surface area contributed by atoms with Crippen molar-refractivity contribution in [2.45, 2.75) is 81.7 Å². The lowest BCUT2D eigenvalue weighted by atomic mass is 9.82. The van der Waals surface area contributed by atoms with Crippen molar-refractivity contribution in [2.24, 2.45) is 0 Å². The van der Waals surface area contributed by atoms with Crippen LogP contribution >= 0.6 is 47.0 Å². The van der Waals surface area contributed by atoms with E-state index in [9.17, 15) is 0 Å². The molecule has 2 N–H and O–H groups in total. The van der Waals surface area contributed by atoms with Crippen LogP contribution in [0.1, 0.15) is 84.5 Å². The summed E-state index contributed by atoms with van der Waals surface area (Å²) >= 11 is 6.40. The second kappa shape index (κ2) is 16.3. The number of nitrogens with one attached hydrogen (secondary N) is 2. The third kappa shape index (κ3) is 8.49. The van der Waals surface area contributed by atoms with E-state index in [0.29, 0.717) is 33.6 Å². The van der Waals surface area contributed by atoms with Gasteiger partial charge in [-0.3, -0.25) is 9.59 Å². The zero-order chi connectivity index (χ0) is 39.8. The number of carbonyl (C=O) groups excluding carboxylic acids is 2. The number of anilines is 4. The first-order valence-electron chi connectivity index (χ1n) is 18.6. The highest BCUT2D eigenvalue weighted by atomic mass is 32.2. The van der Waals surface area contributed by atoms with Crippen molar-refractivity contribution >= 4 is 81.4 Å². The molecule has 0 bridgehead atoms. The fourth-order valence-electron chi connectivity index (χ4n) is 6.68. The number of hydrogen-bond acceptors (Lipinski definition) is 8. The maximum absolute atomic E-state index is 15.4. The van der Waals surface area contributed by atoms with E-state index in [2.05, 4.69) is 137 Å². The van der Waals surface area contributed by atoms with Gasteiger partial charge in [-0.2, -0.15) is 0 Å². The lowest BCUT2D eigenvalue weighted by Crippen LogP contribution is -2.25. The van der Waals surface area contributed by atoms with Gasteiger partial charge in [0.05, 0.1) is 22.5 Å². The van der Waals surface area contributed by atoms with Gasteiger partial charge in [0.15, 0.2) is 11.6 Å². The first-order valence-corrected chi connectivity index (χ1v) is 22.6. The maximum Gasteiger partial charge on any atom is 0.197 e. The molecule has 0 amide bonds. The monoisotopic (exact) mass is 810 g/mol. The summed E-state index contributed by atoms with van der Waals surface area (Å²) in [5.41, 5.74) is 6.88. The molecule has 7 rings (SSSR count). The van der Waals surface area contributed by atoms with Crippen molar-refractivity contribution in [1.82, 2.24) is 0 Å². The molecule has 0 aliphatic heterocycles. The first-order chi connectivity index (χ1) is 26.7. The van der Waals surface area contributed by atoms with Crippen molar-refractivity contribution in [1.29, 1.82) is 0 Å². The van der Waals surface area contributed by atoms with Crippen LogP contribution in [0, 0.1) is 0 Å². The van der Waals surface area contributed by atoms with Gasteiger partial charge in [0.2, 0.25) is 0 Å². The molecule has 6 aromatic carbocycles. The number of benzene rings is 6. The largest absolute Gasteiger partial charge is 0.355 e. The minimum absolute atomic E-state index is 0.00131. The van der Waals surface area contributed by atoms with Gasteiger partial charge in [-0.15, -0.1) is 23.5 Å². The van der Waals surface area contributed by atoms with Gasteiger partial charge in [0.25, 0.3) is 0 Å². The van der Waals surface area contributed by atoms with Crippen LogP contribution in [0.5, 0.6) is 0 Å². The quantitative estimate of drug-likeness (QED) is 0.133. The van der Waals surface area contributed by atoms with E-state index in [-0.39, 0.29) is 22.4 Å². The van der Waals surface area contributed by atoms with Crippen molar-refractivity contribution < 1.29 is 9.59 Å². The zero-order valence-electron chi connectivity index (χ0n) is 33.0. The molecule has 6 aromatic rings. The summed E-state index contributed by atoms with van der Waals surface area (Å²) in [5, 5.41) is 7.08. The Balaban J connectivity index is 1.39. The van der Waals surface area contributed by atoms with Gasteiger partial charge in [-0.1, -0.05) is 89.3 Å².